The number of amides is 3. The monoisotopic (exact) mass is 479 g/mol. The fraction of sp³-hybridized carbons (Fsp3) is 0.0800. The zero-order chi connectivity index (χ0) is 23.7. The van der Waals surface area contributed by atoms with Crippen molar-refractivity contribution in [1.82, 2.24) is 0 Å². The van der Waals surface area contributed by atoms with Crippen LogP contribution in [-0.4, -0.2) is 17.7 Å². The van der Waals surface area contributed by atoms with E-state index in [1.807, 2.05) is 31.2 Å². The topological polar surface area (TPSA) is 78.5 Å². The lowest BCUT2D eigenvalue weighted by molar-refractivity contribution is -0.120. The SMILES string of the molecule is Cc1ccccc1NC(=O)c1ccc(NC2=C(Cl)C(=O)N(c3cc(Cl)ccc3C)C2=O)cc1. The van der Waals surface area contributed by atoms with E-state index in [2.05, 4.69) is 10.6 Å². The summed E-state index contributed by atoms with van der Waals surface area (Å²) in [6.07, 6.45) is 0. The highest BCUT2D eigenvalue weighted by atomic mass is 35.5. The molecular formula is C25H19Cl2N3O3. The van der Waals surface area contributed by atoms with Crippen LogP contribution in [0.4, 0.5) is 17.1 Å². The van der Waals surface area contributed by atoms with Gasteiger partial charge in [0.15, 0.2) is 0 Å². The molecule has 0 saturated carbocycles. The molecule has 0 saturated heterocycles. The Morgan fingerprint density at radius 1 is 0.848 bits per heavy atom. The Kier molecular flexibility index (Phi) is 6.22. The summed E-state index contributed by atoms with van der Waals surface area (Å²) in [7, 11) is 0. The number of para-hydroxylation sites is 1. The number of nitrogens with zero attached hydrogens (tertiary/aromatic N) is 1. The van der Waals surface area contributed by atoms with E-state index < -0.39 is 11.8 Å². The van der Waals surface area contributed by atoms with Gasteiger partial charge in [-0.2, -0.15) is 0 Å². The molecule has 0 aliphatic carbocycles. The molecule has 2 N–H and O–H groups in total. The molecule has 3 aromatic carbocycles. The molecule has 1 aliphatic rings. The molecule has 4 rings (SSSR count). The maximum atomic E-state index is 13.0. The zero-order valence-corrected chi connectivity index (χ0v) is 19.3. The summed E-state index contributed by atoms with van der Waals surface area (Å²) in [5.74, 6) is -1.48. The van der Waals surface area contributed by atoms with E-state index in [1.165, 1.54) is 0 Å². The van der Waals surface area contributed by atoms with Crippen LogP contribution >= 0.6 is 23.2 Å². The van der Waals surface area contributed by atoms with Gasteiger partial charge in [-0.25, -0.2) is 4.90 Å². The standard InChI is InChI=1S/C25H19Cl2N3O3/c1-14-5-3-4-6-19(14)29-23(31)16-8-11-18(12-9-16)28-22-21(27)24(32)30(25(22)33)20-13-17(26)10-7-15(20)2/h3-13,28H,1-2H3,(H,29,31). The summed E-state index contributed by atoms with van der Waals surface area (Å²) in [6, 6.07) is 18.9. The molecule has 0 radical (unpaired) electrons. The van der Waals surface area contributed by atoms with E-state index in [0.717, 1.165) is 16.2 Å². The van der Waals surface area contributed by atoms with Crippen molar-refractivity contribution in [3.63, 3.8) is 0 Å². The number of anilines is 3. The lowest BCUT2D eigenvalue weighted by atomic mass is 10.1. The van der Waals surface area contributed by atoms with Crippen LogP contribution in [0, 0.1) is 13.8 Å². The second kappa shape index (κ2) is 9.10. The molecule has 0 spiro atoms. The summed E-state index contributed by atoms with van der Waals surface area (Å²) in [5.41, 5.74) is 3.66. The Balaban J connectivity index is 1.51. The number of hydrogen-bond donors (Lipinski definition) is 2. The molecule has 8 heteroatoms. The number of imide groups is 1. The minimum Gasteiger partial charge on any atom is -0.350 e. The fourth-order valence-electron chi connectivity index (χ4n) is 3.41. The first-order valence-electron chi connectivity index (χ1n) is 10.0. The number of nitrogens with one attached hydrogen (secondary N) is 2. The average Bonchev–Trinajstić information content (AvgIpc) is 3.00. The Labute approximate surface area is 200 Å². The molecular weight excluding hydrogens is 461 g/mol. The van der Waals surface area contributed by atoms with Crippen molar-refractivity contribution >= 4 is 58.0 Å². The lowest BCUT2D eigenvalue weighted by Crippen LogP contribution is -2.32. The second-order valence-electron chi connectivity index (χ2n) is 7.54. The van der Waals surface area contributed by atoms with Gasteiger partial charge in [-0.3, -0.25) is 14.4 Å². The molecule has 1 aliphatic heterocycles. The molecule has 3 aromatic rings. The third-order valence-corrected chi connectivity index (χ3v) is 5.83. The number of aryl methyl sites for hydroxylation is 2. The number of carbonyl (C=O) groups is 3. The second-order valence-corrected chi connectivity index (χ2v) is 8.35. The minimum absolute atomic E-state index is 0.0434. The van der Waals surface area contributed by atoms with Gasteiger partial charge in [0, 0.05) is 22.0 Å². The summed E-state index contributed by atoms with van der Waals surface area (Å²) in [4.78, 5) is 39.2. The first-order valence-corrected chi connectivity index (χ1v) is 10.8. The molecule has 0 aromatic heterocycles. The largest absolute Gasteiger partial charge is 0.350 e. The average molecular weight is 480 g/mol. The minimum atomic E-state index is -0.635. The Morgan fingerprint density at radius 2 is 1.55 bits per heavy atom. The van der Waals surface area contributed by atoms with Crippen molar-refractivity contribution < 1.29 is 14.4 Å². The van der Waals surface area contributed by atoms with E-state index in [1.54, 1.807) is 49.4 Å². The van der Waals surface area contributed by atoms with E-state index in [0.29, 0.717) is 27.5 Å². The van der Waals surface area contributed by atoms with E-state index >= 15 is 0 Å². The van der Waals surface area contributed by atoms with Gasteiger partial charge >= 0.3 is 0 Å². The molecule has 33 heavy (non-hydrogen) atoms. The van der Waals surface area contributed by atoms with Crippen molar-refractivity contribution in [1.29, 1.82) is 0 Å². The van der Waals surface area contributed by atoms with Crippen LogP contribution in [0.3, 0.4) is 0 Å². The van der Waals surface area contributed by atoms with Crippen molar-refractivity contribution in [2.24, 2.45) is 0 Å². The molecule has 3 amide bonds. The lowest BCUT2D eigenvalue weighted by Gasteiger charge is -2.17. The third kappa shape index (κ3) is 4.49. The quantitative estimate of drug-likeness (QED) is 0.463. The smallest absolute Gasteiger partial charge is 0.283 e. The van der Waals surface area contributed by atoms with E-state index in [9.17, 15) is 14.4 Å². The molecule has 166 valence electrons. The van der Waals surface area contributed by atoms with Crippen molar-refractivity contribution in [2.75, 3.05) is 15.5 Å². The maximum absolute atomic E-state index is 13.0. The van der Waals surface area contributed by atoms with Crippen LogP contribution in [0.1, 0.15) is 21.5 Å². The van der Waals surface area contributed by atoms with Crippen LogP contribution in [0.5, 0.6) is 0 Å². The van der Waals surface area contributed by atoms with Gasteiger partial charge in [-0.05, 0) is 67.4 Å². The van der Waals surface area contributed by atoms with Gasteiger partial charge in [-0.15, -0.1) is 0 Å². The van der Waals surface area contributed by atoms with Gasteiger partial charge in [-0.1, -0.05) is 47.5 Å². The highest BCUT2D eigenvalue weighted by Crippen LogP contribution is 2.33. The number of rotatable bonds is 5. The van der Waals surface area contributed by atoms with Crippen LogP contribution in [0.15, 0.2) is 77.5 Å². The van der Waals surface area contributed by atoms with Crippen LogP contribution in [0.2, 0.25) is 5.02 Å². The highest BCUT2D eigenvalue weighted by Gasteiger charge is 2.39. The Hall–Kier alpha value is -3.61. The summed E-state index contributed by atoms with van der Waals surface area (Å²) in [5, 5.41) is 5.94. The third-order valence-electron chi connectivity index (χ3n) is 5.25. The maximum Gasteiger partial charge on any atom is 0.283 e. The van der Waals surface area contributed by atoms with Crippen LogP contribution < -0.4 is 15.5 Å². The summed E-state index contributed by atoms with van der Waals surface area (Å²) < 4.78 is 0. The molecule has 6 nitrogen and oxygen atoms in total. The van der Waals surface area contributed by atoms with Crippen LogP contribution in [-0.2, 0) is 9.59 Å². The van der Waals surface area contributed by atoms with Crippen molar-refractivity contribution in [3.8, 4) is 0 Å². The predicted octanol–water partition coefficient (Wildman–Crippen LogP) is 5.64. The number of halogens is 2. The normalized spacial score (nSPS) is 13.5. The van der Waals surface area contributed by atoms with Gasteiger partial charge in [0.2, 0.25) is 0 Å². The number of benzene rings is 3. The van der Waals surface area contributed by atoms with Crippen LogP contribution in [0.25, 0.3) is 0 Å². The predicted molar refractivity (Wildman–Crippen MR) is 131 cm³/mol. The van der Waals surface area contributed by atoms with E-state index in [4.69, 9.17) is 23.2 Å². The van der Waals surface area contributed by atoms with Gasteiger partial charge < -0.3 is 10.6 Å². The van der Waals surface area contributed by atoms with Crippen molar-refractivity contribution in [3.05, 3.63) is 99.2 Å². The fourth-order valence-corrected chi connectivity index (χ4v) is 3.79. The Morgan fingerprint density at radius 3 is 2.24 bits per heavy atom. The first-order chi connectivity index (χ1) is 15.8. The first kappa shape index (κ1) is 22.6. The summed E-state index contributed by atoms with van der Waals surface area (Å²) in [6.45, 7) is 3.68. The van der Waals surface area contributed by atoms with Gasteiger partial charge in [0.25, 0.3) is 17.7 Å². The number of carbonyl (C=O) groups excluding carboxylic acids is 3. The van der Waals surface area contributed by atoms with Crippen molar-refractivity contribution in [2.45, 2.75) is 13.8 Å². The molecule has 0 fully saturated rings. The zero-order valence-electron chi connectivity index (χ0n) is 17.8. The molecule has 0 unspecified atom stereocenters. The Bertz CT molecular complexity index is 1320. The molecule has 0 bridgehead atoms. The number of hydrogen-bond acceptors (Lipinski definition) is 4. The van der Waals surface area contributed by atoms with Gasteiger partial charge in [0.1, 0.15) is 10.7 Å². The van der Waals surface area contributed by atoms with E-state index in [-0.39, 0.29) is 16.6 Å². The summed E-state index contributed by atoms with van der Waals surface area (Å²) >= 11 is 12.3. The highest BCUT2D eigenvalue weighted by molar-refractivity contribution is 6.53. The molecule has 1 heterocycles. The van der Waals surface area contributed by atoms with Gasteiger partial charge in [0.05, 0.1) is 5.69 Å². The molecule has 0 atom stereocenters.